The first-order valence-electron chi connectivity index (χ1n) is 10.6. The molecule has 0 aromatic carbocycles. The smallest absolute Gasteiger partial charge is 0.335 e. The summed E-state index contributed by atoms with van der Waals surface area (Å²) in [5, 5.41) is 37.0. The lowest BCUT2D eigenvalue weighted by molar-refractivity contribution is -0.165. The van der Waals surface area contributed by atoms with Crippen LogP contribution in [0.1, 0.15) is 35.4 Å². The van der Waals surface area contributed by atoms with E-state index in [4.69, 9.17) is 24.8 Å². The van der Waals surface area contributed by atoms with Gasteiger partial charge in [-0.1, -0.05) is 6.07 Å². The van der Waals surface area contributed by atoms with Crippen molar-refractivity contribution in [1.82, 2.24) is 19.7 Å². The molecule has 3 aromatic heterocycles. The van der Waals surface area contributed by atoms with E-state index in [1.807, 2.05) is 48.3 Å². The van der Waals surface area contributed by atoms with Gasteiger partial charge in [0.15, 0.2) is 12.2 Å². The molecule has 0 aliphatic rings. The maximum Gasteiger partial charge on any atom is 0.335 e. The van der Waals surface area contributed by atoms with Crippen LogP contribution < -0.4 is 0 Å². The van der Waals surface area contributed by atoms with E-state index in [2.05, 4.69) is 34.9 Å². The number of aliphatic hydroxyl groups is 2. The van der Waals surface area contributed by atoms with Gasteiger partial charge in [0.05, 0.1) is 18.4 Å². The van der Waals surface area contributed by atoms with Gasteiger partial charge < -0.3 is 24.8 Å². The Morgan fingerprint density at radius 3 is 2.18 bits per heavy atom. The first-order valence-corrected chi connectivity index (χ1v) is 10.6. The number of carbonyl (C=O) groups is 2. The van der Waals surface area contributed by atoms with Crippen LogP contribution in [0.2, 0.25) is 0 Å². The molecule has 0 spiro atoms. The molecule has 34 heavy (non-hydrogen) atoms. The van der Waals surface area contributed by atoms with Crippen LogP contribution >= 0.6 is 0 Å². The van der Waals surface area contributed by atoms with Crippen molar-refractivity contribution < 1.29 is 34.4 Å². The van der Waals surface area contributed by atoms with E-state index in [1.54, 1.807) is 0 Å². The van der Waals surface area contributed by atoms with Crippen LogP contribution in [0.5, 0.6) is 0 Å². The number of carboxylic acids is 2. The maximum absolute atomic E-state index is 9.77. The minimum absolute atomic E-state index is 0.751. The zero-order chi connectivity index (χ0) is 25.3. The Kier molecular flexibility index (Phi) is 9.92. The van der Waals surface area contributed by atoms with Crippen LogP contribution in [-0.4, -0.2) is 64.2 Å². The molecule has 0 fully saturated rings. The first-order chi connectivity index (χ1) is 16.1. The van der Waals surface area contributed by atoms with E-state index in [1.165, 1.54) is 11.3 Å². The van der Waals surface area contributed by atoms with Crippen molar-refractivity contribution in [3.63, 3.8) is 0 Å². The third-order valence-electron chi connectivity index (χ3n) is 4.99. The number of aliphatic hydroxyl groups excluding tert-OH is 2. The summed E-state index contributed by atoms with van der Waals surface area (Å²) in [5.74, 6) is -1.62. The van der Waals surface area contributed by atoms with Crippen LogP contribution in [0.3, 0.4) is 0 Å². The summed E-state index contributed by atoms with van der Waals surface area (Å²) < 4.78 is 7.80. The predicted octanol–water partition coefficient (Wildman–Crippen LogP) is 1.59. The molecule has 0 saturated carbocycles. The Bertz CT molecular complexity index is 1050. The third-order valence-corrected chi connectivity index (χ3v) is 4.99. The van der Waals surface area contributed by atoms with E-state index in [-0.39, 0.29) is 0 Å². The molecule has 0 amide bonds. The van der Waals surface area contributed by atoms with Gasteiger partial charge in [-0.15, -0.1) is 0 Å². The number of carboxylic acid groups (broad SMARTS) is 2. The Morgan fingerprint density at radius 2 is 1.71 bits per heavy atom. The number of hydrogen-bond donors (Lipinski definition) is 4. The minimum atomic E-state index is -2.27. The van der Waals surface area contributed by atoms with Gasteiger partial charge in [-0.25, -0.2) is 9.59 Å². The standard InChI is InChI=1S/C19H24N4O.C4H6O6/c1-4-23-16(3)17(11-21-23)12-22(13-18-7-5-6-10-20-18)14-19-9-8-15(2)24-19;5-1(3(7)8)2(6)4(9)10/h5-11H,4,12-14H2,1-3H3;1-2,5-6H,(H,7,8)(H,9,10). The van der Waals surface area contributed by atoms with Gasteiger partial charge in [0, 0.05) is 37.1 Å². The molecule has 4 N–H and O–H groups in total. The van der Waals surface area contributed by atoms with Crippen molar-refractivity contribution >= 4 is 11.9 Å². The SMILES string of the molecule is CCn1ncc(CN(Cc2ccccn2)Cc2ccc(C)o2)c1C.O=C(O)C(O)C(O)C(=O)O. The number of rotatable bonds is 10. The molecular weight excluding hydrogens is 444 g/mol. The highest BCUT2D eigenvalue weighted by molar-refractivity contribution is 5.83. The molecule has 3 aromatic rings. The molecule has 0 aliphatic carbocycles. The Hall–Kier alpha value is -3.54. The molecule has 0 radical (unpaired) electrons. The number of aromatic nitrogens is 3. The van der Waals surface area contributed by atoms with Crippen LogP contribution in [-0.2, 0) is 35.8 Å². The van der Waals surface area contributed by atoms with Gasteiger partial charge >= 0.3 is 11.9 Å². The molecule has 3 heterocycles. The summed E-state index contributed by atoms with van der Waals surface area (Å²) in [6, 6.07) is 10.1. The second-order valence-electron chi connectivity index (χ2n) is 7.62. The summed E-state index contributed by atoms with van der Waals surface area (Å²) in [5.41, 5.74) is 3.52. The number of hydrogen-bond acceptors (Lipinski definition) is 8. The summed E-state index contributed by atoms with van der Waals surface area (Å²) in [7, 11) is 0. The number of aryl methyl sites for hydroxylation is 2. The van der Waals surface area contributed by atoms with Gasteiger partial charge in [-0.3, -0.25) is 14.6 Å². The van der Waals surface area contributed by atoms with Crippen molar-refractivity contribution in [1.29, 1.82) is 0 Å². The van der Waals surface area contributed by atoms with Crippen molar-refractivity contribution in [2.75, 3.05) is 0 Å². The normalized spacial score (nSPS) is 12.6. The lowest BCUT2D eigenvalue weighted by Gasteiger charge is -2.21. The van der Waals surface area contributed by atoms with Gasteiger partial charge in [0.2, 0.25) is 0 Å². The van der Waals surface area contributed by atoms with Gasteiger partial charge in [-0.2, -0.15) is 5.10 Å². The average Bonchev–Trinajstić information content (AvgIpc) is 3.38. The van der Waals surface area contributed by atoms with E-state index in [9.17, 15) is 9.59 Å². The highest BCUT2D eigenvalue weighted by atomic mass is 16.4. The summed E-state index contributed by atoms with van der Waals surface area (Å²) in [6.07, 6.45) is -0.724. The number of nitrogens with zero attached hydrogens (tertiary/aromatic N) is 4. The monoisotopic (exact) mass is 474 g/mol. The van der Waals surface area contributed by atoms with Crippen LogP contribution in [0.15, 0.2) is 47.1 Å². The molecule has 0 bridgehead atoms. The number of furan rings is 1. The summed E-state index contributed by atoms with van der Waals surface area (Å²) >= 11 is 0. The van der Waals surface area contributed by atoms with E-state index < -0.39 is 24.1 Å². The highest BCUT2D eigenvalue weighted by Crippen LogP contribution is 2.17. The fourth-order valence-corrected chi connectivity index (χ4v) is 3.15. The third kappa shape index (κ3) is 7.80. The maximum atomic E-state index is 9.77. The van der Waals surface area contributed by atoms with E-state index in [0.29, 0.717) is 0 Å². The molecular formula is C23H30N4O7. The van der Waals surface area contributed by atoms with Gasteiger partial charge in [0.25, 0.3) is 0 Å². The lowest BCUT2D eigenvalue weighted by Crippen LogP contribution is -2.39. The van der Waals surface area contributed by atoms with Crippen LogP contribution in [0, 0.1) is 13.8 Å². The summed E-state index contributed by atoms with van der Waals surface area (Å²) in [6.45, 7) is 9.45. The van der Waals surface area contributed by atoms with E-state index in [0.717, 1.165) is 43.4 Å². The van der Waals surface area contributed by atoms with Crippen LogP contribution in [0.25, 0.3) is 0 Å². The topological polar surface area (TPSA) is 162 Å². The molecule has 2 unspecified atom stereocenters. The molecule has 184 valence electrons. The number of pyridine rings is 1. The zero-order valence-corrected chi connectivity index (χ0v) is 19.3. The quantitative estimate of drug-likeness (QED) is 0.339. The second kappa shape index (κ2) is 12.6. The second-order valence-corrected chi connectivity index (χ2v) is 7.62. The largest absolute Gasteiger partial charge is 0.479 e. The highest BCUT2D eigenvalue weighted by Gasteiger charge is 2.29. The molecule has 0 saturated heterocycles. The van der Waals surface area contributed by atoms with Crippen LogP contribution in [0.4, 0.5) is 0 Å². The molecule has 11 heteroatoms. The fourth-order valence-electron chi connectivity index (χ4n) is 3.15. The number of aliphatic carboxylic acids is 2. The fraction of sp³-hybridized carbons (Fsp3) is 0.391. The van der Waals surface area contributed by atoms with Crippen molar-refractivity contribution in [2.45, 2.75) is 59.2 Å². The van der Waals surface area contributed by atoms with Crippen molar-refractivity contribution in [3.05, 3.63) is 71.2 Å². The van der Waals surface area contributed by atoms with Gasteiger partial charge in [0.1, 0.15) is 11.5 Å². The molecule has 11 nitrogen and oxygen atoms in total. The lowest BCUT2D eigenvalue weighted by atomic mass is 10.2. The van der Waals surface area contributed by atoms with E-state index >= 15 is 0 Å². The van der Waals surface area contributed by atoms with Crippen molar-refractivity contribution in [3.8, 4) is 0 Å². The molecule has 3 rings (SSSR count). The summed E-state index contributed by atoms with van der Waals surface area (Å²) in [4.78, 5) is 26.3. The Balaban J connectivity index is 0.000000347. The Morgan fingerprint density at radius 1 is 1.03 bits per heavy atom. The van der Waals surface area contributed by atoms with Crippen molar-refractivity contribution in [2.24, 2.45) is 0 Å². The zero-order valence-electron chi connectivity index (χ0n) is 19.3. The molecule has 0 aliphatic heterocycles. The molecule has 2 atom stereocenters. The average molecular weight is 475 g/mol. The predicted molar refractivity (Wildman–Crippen MR) is 121 cm³/mol. The Labute approximate surface area is 196 Å². The van der Waals surface area contributed by atoms with Gasteiger partial charge in [-0.05, 0) is 45.0 Å². The first kappa shape index (κ1) is 26.7. The minimum Gasteiger partial charge on any atom is -0.479 e.